The monoisotopic (exact) mass is 300 g/mol. The minimum absolute atomic E-state index is 0.746. The molecule has 3 rings (SSSR count). The Morgan fingerprint density at radius 3 is 3.05 bits per heavy atom. The zero-order valence-electron chi connectivity index (χ0n) is 13.8. The number of fused-ring (bicyclic) bond motifs is 1. The van der Waals surface area contributed by atoms with Crippen LogP contribution >= 0.6 is 0 Å². The van der Waals surface area contributed by atoms with E-state index in [1.165, 1.54) is 38.9 Å². The summed E-state index contributed by atoms with van der Waals surface area (Å²) in [6, 6.07) is 4.78. The van der Waals surface area contributed by atoms with Crippen molar-refractivity contribution >= 4 is 11.6 Å². The molecule has 1 aliphatic rings. The van der Waals surface area contributed by atoms with Gasteiger partial charge in [-0.25, -0.2) is 4.98 Å². The first-order valence-electron chi connectivity index (χ1n) is 8.20. The van der Waals surface area contributed by atoms with Gasteiger partial charge in [0.05, 0.1) is 18.0 Å². The number of rotatable bonds is 4. The molecule has 1 unspecified atom stereocenters. The van der Waals surface area contributed by atoms with Crippen LogP contribution in [-0.2, 0) is 0 Å². The largest absolute Gasteiger partial charge is 0.316 e. The molecule has 4 heteroatoms. The smallest absolute Gasteiger partial charge is 0.0992 e. The Kier molecular flexibility index (Phi) is 6.62. The number of pyridine rings is 1. The SMILES string of the molecule is C=Cc1ccc2cncn2c1.CCCN1CCCC(NC)C1. The second-order valence-electron chi connectivity index (χ2n) is 5.82. The molecule has 2 aromatic heterocycles. The highest BCUT2D eigenvalue weighted by molar-refractivity contribution is 5.52. The number of hydrogen-bond donors (Lipinski definition) is 1. The third-order valence-electron chi connectivity index (χ3n) is 4.12. The Hall–Kier alpha value is -1.65. The van der Waals surface area contributed by atoms with Gasteiger partial charge in [-0.2, -0.15) is 0 Å². The Labute approximate surface area is 133 Å². The van der Waals surface area contributed by atoms with Gasteiger partial charge in [0.2, 0.25) is 0 Å². The van der Waals surface area contributed by atoms with E-state index in [2.05, 4.69) is 35.8 Å². The predicted octanol–water partition coefficient (Wildman–Crippen LogP) is 3.06. The fourth-order valence-electron chi connectivity index (χ4n) is 2.87. The van der Waals surface area contributed by atoms with Crippen molar-refractivity contribution in [1.82, 2.24) is 19.6 Å². The molecule has 0 spiro atoms. The van der Waals surface area contributed by atoms with E-state index < -0.39 is 0 Å². The van der Waals surface area contributed by atoms with Crippen molar-refractivity contribution < 1.29 is 0 Å². The first-order chi connectivity index (χ1) is 10.8. The lowest BCUT2D eigenvalue weighted by atomic mass is 10.1. The molecule has 1 saturated heterocycles. The molecule has 0 saturated carbocycles. The van der Waals surface area contributed by atoms with Crippen molar-refractivity contribution in [2.45, 2.75) is 32.2 Å². The molecule has 1 N–H and O–H groups in total. The lowest BCUT2D eigenvalue weighted by Gasteiger charge is -2.32. The van der Waals surface area contributed by atoms with E-state index in [0.29, 0.717) is 0 Å². The highest BCUT2D eigenvalue weighted by Crippen LogP contribution is 2.09. The fraction of sp³-hybridized carbons (Fsp3) is 0.500. The van der Waals surface area contributed by atoms with Gasteiger partial charge in [-0.15, -0.1) is 0 Å². The second kappa shape index (κ2) is 8.71. The number of likely N-dealkylation sites (N-methyl/N-ethyl adjacent to an activating group) is 1. The molecule has 0 bridgehead atoms. The zero-order chi connectivity index (χ0) is 15.8. The van der Waals surface area contributed by atoms with Crippen LogP contribution in [0.2, 0.25) is 0 Å². The van der Waals surface area contributed by atoms with E-state index in [-0.39, 0.29) is 0 Å². The van der Waals surface area contributed by atoms with Crippen molar-refractivity contribution in [3.63, 3.8) is 0 Å². The van der Waals surface area contributed by atoms with Gasteiger partial charge in [0, 0.05) is 18.8 Å². The minimum atomic E-state index is 0.746. The number of likely N-dealkylation sites (tertiary alicyclic amines) is 1. The molecule has 0 radical (unpaired) electrons. The molecule has 22 heavy (non-hydrogen) atoms. The number of nitrogens with one attached hydrogen (secondary N) is 1. The Morgan fingerprint density at radius 2 is 2.32 bits per heavy atom. The van der Waals surface area contributed by atoms with Crippen LogP contribution in [0.4, 0.5) is 0 Å². The molecular formula is C18H28N4. The summed E-state index contributed by atoms with van der Waals surface area (Å²) in [5, 5.41) is 3.35. The van der Waals surface area contributed by atoms with Gasteiger partial charge in [-0.05, 0) is 51.0 Å². The average Bonchev–Trinajstić information content (AvgIpc) is 3.03. The molecule has 1 atom stereocenters. The van der Waals surface area contributed by atoms with Gasteiger partial charge in [0.25, 0.3) is 0 Å². The van der Waals surface area contributed by atoms with E-state index in [0.717, 1.165) is 17.1 Å². The lowest BCUT2D eigenvalue weighted by molar-refractivity contribution is 0.195. The van der Waals surface area contributed by atoms with Crippen molar-refractivity contribution in [3.05, 3.63) is 43.0 Å². The van der Waals surface area contributed by atoms with Crippen LogP contribution in [0.3, 0.4) is 0 Å². The highest BCUT2D eigenvalue weighted by atomic mass is 15.2. The predicted molar refractivity (Wildman–Crippen MR) is 94.1 cm³/mol. The molecule has 0 aromatic carbocycles. The minimum Gasteiger partial charge on any atom is -0.316 e. The van der Waals surface area contributed by atoms with Crippen molar-refractivity contribution in [2.24, 2.45) is 0 Å². The topological polar surface area (TPSA) is 32.6 Å². The number of hydrogen-bond acceptors (Lipinski definition) is 3. The normalized spacial score (nSPS) is 18.7. The quantitative estimate of drug-likeness (QED) is 0.942. The zero-order valence-corrected chi connectivity index (χ0v) is 13.8. The van der Waals surface area contributed by atoms with Gasteiger partial charge in [0.15, 0.2) is 0 Å². The third kappa shape index (κ3) is 4.68. The average molecular weight is 300 g/mol. The fourth-order valence-corrected chi connectivity index (χ4v) is 2.87. The van der Waals surface area contributed by atoms with Crippen molar-refractivity contribution in [1.29, 1.82) is 0 Å². The molecule has 3 heterocycles. The summed E-state index contributed by atoms with van der Waals surface area (Å²) in [5.41, 5.74) is 2.21. The van der Waals surface area contributed by atoms with E-state index in [1.54, 1.807) is 6.33 Å². The van der Waals surface area contributed by atoms with E-state index in [1.807, 2.05) is 35.0 Å². The van der Waals surface area contributed by atoms with Gasteiger partial charge in [-0.1, -0.05) is 25.6 Å². The molecule has 0 amide bonds. The van der Waals surface area contributed by atoms with Crippen LogP contribution in [0.15, 0.2) is 37.4 Å². The van der Waals surface area contributed by atoms with Crippen LogP contribution in [0.1, 0.15) is 31.7 Å². The summed E-state index contributed by atoms with van der Waals surface area (Å²) >= 11 is 0. The number of aromatic nitrogens is 2. The maximum absolute atomic E-state index is 4.01. The summed E-state index contributed by atoms with van der Waals surface area (Å²) in [5.74, 6) is 0. The van der Waals surface area contributed by atoms with Crippen LogP contribution in [0.5, 0.6) is 0 Å². The molecule has 120 valence electrons. The first-order valence-corrected chi connectivity index (χ1v) is 8.20. The number of nitrogens with zero attached hydrogens (tertiary/aromatic N) is 3. The van der Waals surface area contributed by atoms with Crippen molar-refractivity contribution in [3.8, 4) is 0 Å². The Balaban J connectivity index is 0.000000160. The van der Waals surface area contributed by atoms with Gasteiger partial charge in [0.1, 0.15) is 0 Å². The van der Waals surface area contributed by atoms with E-state index in [4.69, 9.17) is 0 Å². The summed E-state index contributed by atoms with van der Waals surface area (Å²) in [7, 11) is 2.07. The van der Waals surface area contributed by atoms with Crippen LogP contribution in [0, 0.1) is 0 Å². The van der Waals surface area contributed by atoms with Gasteiger partial charge >= 0.3 is 0 Å². The lowest BCUT2D eigenvalue weighted by Crippen LogP contribution is -2.44. The maximum atomic E-state index is 4.01. The molecule has 0 aliphatic carbocycles. The Morgan fingerprint density at radius 1 is 1.45 bits per heavy atom. The maximum Gasteiger partial charge on any atom is 0.0992 e. The standard InChI is InChI=1S/C9H8N2.C9H20N2/c1-2-8-3-4-9-5-10-7-11(9)6-8;1-3-6-11-7-4-5-9(8-11)10-2/h2-7H,1H2;9-10H,3-8H2,1-2H3. The second-order valence-corrected chi connectivity index (χ2v) is 5.82. The van der Waals surface area contributed by atoms with Crippen LogP contribution in [0.25, 0.3) is 11.6 Å². The molecule has 2 aromatic rings. The first kappa shape index (κ1) is 16.7. The van der Waals surface area contributed by atoms with E-state index in [9.17, 15) is 0 Å². The summed E-state index contributed by atoms with van der Waals surface area (Å²) in [6.07, 6.45) is 11.4. The van der Waals surface area contributed by atoms with Gasteiger partial charge in [-0.3, -0.25) is 0 Å². The summed E-state index contributed by atoms with van der Waals surface area (Å²) in [6.45, 7) is 9.78. The highest BCUT2D eigenvalue weighted by Gasteiger charge is 2.16. The summed E-state index contributed by atoms with van der Waals surface area (Å²) < 4.78 is 1.97. The number of imidazole rings is 1. The Bertz CT molecular complexity index is 573. The van der Waals surface area contributed by atoms with Gasteiger partial charge < -0.3 is 14.6 Å². The molecular weight excluding hydrogens is 272 g/mol. The summed E-state index contributed by atoms with van der Waals surface area (Å²) in [4.78, 5) is 6.57. The van der Waals surface area contributed by atoms with Crippen LogP contribution in [-0.4, -0.2) is 47.0 Å². The number of piperidine rings is 1. The molecule has 1 fully saturated rings. The van der Waals surface area contributed by atoms with Crippen LogP contribution < -0.4 is 5.32 Å². The van der Waals surface area contributed by atoms with Crippen molar-refractivity contribution in [2.75, 3.05) is 26.7 Å². The third-order valence-corrected chi connectivity index (χ3v) is 4.12. The van der Waals surface area contributed by atoms with E-state index >= 15 is 0 Å². The molecule has 1 aliphatic heterocycles. The molecule has 4 nitrogen and oxygen atoms in total.